The molecule has 6 nitrogen and oxygen atoms in total. The summed E-state index contributed by atoms with van der Waals surface area (Å²) in [7, 11) is 0. The molecule has 0 unspecified atom stereocenters. The summed E-state index contributed by atoms with van der Waals surface area (Å²) in [4.78, 5) is 23.2. The van der Waals surface area contributed by atoms with E-state index in [4.69, 9.17) is 5.11 Å². The molecule has 19 heavy (non-hydrogen) atoms. The van der Waals surface area contributed by atoms with Gasteiger partial charge in [0.1, 0.15) is 5.54 Å². The van der Waals surface area contributed by atoms with Gasteiger partial charge in [0.2, 0.25) is 5.95 Å². The van der Waals surface area contributed by atoms with Crippen LogP contribution < -0.4 is 5.32 Å². The van der Waals surface area contributed by atoms with Crippen LogP contribution in [0.2, 0.25) is 0 Å². The first-order valence-electron chi connectivity index (χ1n) is 5.73. The fraction of sp³-hybridized carbons (Fsp3) is 0.231. The molecule has 2 aromatic rings. The van der Waals surface area contributed by atoms with E-state index in [2.05, 4.69) is 20.3 Å². The number of carboxylic acids is 1. The number of carboxylic acid groups (broad SMARTS) is 1. The second-order valence-electron chi connectivity index (χ2n) is 4.59. The van der Waals surface area contributed by atoms with Crippen LogP contribution >= 0.6 is 0 Å². The van der Waals surface area contributed by atoms with Crippen molar-refractivity contribution in [2.24, 2.45) is 0 Å². The SMILES string of the molecule is CC(C)(Nc1ncc(-c2cccnc2)cn1)C(=O)O. The third-order valence-electron chi connectivity index (χ3n) is 2.61. The lowest BCUT2D eigenvalue weighted by molar-refractivity contribution is -0.141. The molecule has 0 aliphatic carbocycles. The molecule has 0 amide bonds. The van der Waals surface area contributed by atoms with Crippen LogP contribution in [0.1, 0.15) is 13.8 Å². The Kier molecular flexibility index (Phi) is 3.41. The van der Waals surface area contributed by atoms with Crippen LogP contribution in [0.3, 0.4) is 0 Å². The number of hydrogen-bond acceptors (Lipinski definition) is 5. The molecule has 2 heterocycles. The average molecular weight is 258 g/mol. The summed E-state index contributed by atoms with van der Waals surface area (Å²) in [6, 6.07) is 3.73. The van der Waals surface area contributed by atoms with Crippen LogP contribution in [-0.4, -0.2) is 31.6 Å². The van der Waals surface area contributed by atoms with Crippen LogP contribution in [0, 0.1) is 0 Å². The number of nitrogens with one attached hydrogen (secondary N) is 1. The Morgan fingerprint density at radius 2 is 1.89 bits per heavy atom. The van der Waals surface area contributed by atoms with E-state index in [9.17, 15) is 4.79 Å². The van der Waals surface area contributed by atoms with Crippen LogP contribution in [0.5, 0.6) is 0 Å². The molecule has 0 saturated carbocycles. The van der Waals surface area contributed by atoms with Gasteiger partial charge < -0.3 is 10.4 Å². The molecular formula is C13H14N4O2. The molecule has 2 aromatic heterocycles. The first kappa shape index (κ1) is 12.9. The van der Waals surface area contributed by atoms with Crippen molar-refractivity contribution >= 4 is 11.9 Å². The Labute approximate surface area is 110 Å². The average Bonchev–Trinajstić information content (AvgIpc) is 2.40. The molecule has 2 rings (SSSR count). The van der Waals surface area contributed by atoms with E-state index < -0.39 is 11.5 Å². The Bertz CT molecular complexity index is 567. The normalized spacial score (nSPS) is 11.1. The van der Waals surface area contributed by atoms with E-state index >= 15 is 0 Å². The summed E-state index contributed by atoms with van der Waals surface area (Å²) in [5.41, 5.74) is 0.619. The van der Waals surface area contributed by atoms with E-state index in [-0.39, 0.29) is 5.95 Å². The molecule has 0 aliphatic heterocycles. The lowest BCUT2D eigenvalue weighted by atomic mass is 10.1. The number of aliphatic carboxylic acids is 1. The van der Waals surface area contributed by atoms with Crippen LogP contribution in [0.25, 0.3) is 11.1 Å². The van der Waals surface area contributed by atoms with Crippen molar-refractivity contribution in [3.8, 4) is 11.1 Å². The van der Waals surface area contributed by atoms with Crippen molar-refractivity contribution in [3.63, 3.8) is 0 Å². The van der Waals surface area contributed by atoms with Gasteiger partial charge in [-0.05, 0) is 19.9 Å². The molecule has 0 bridgehead atoms. The maximum Gasteiger partial charge on any atom is 0.328 e. The van der Waals surface area contributed by atoms with Crippen LogP contribution in [0.15, 0.2) is 36.9 Å². The minimum absolute atomic E-state index is 0.278. The van der Waals surface area contributed by atoms with Crippen molar-refractivity contribution in [1.82, 2.24) is 15.0 Å². The lowest BCUT2D eigenvalue weighted by Crippen LogP contribution is -2.40. The van der Waals surface area contributed by atoms with Gasteiger partial charge in [-0.15, -0.1) is 0 Å². The summed E-state index contributed by atoms with van der Waals surface area (Å²) in [5.74, 6) is -0.688. The molecule has 0 spiro atoms. The summed E-state index contributed by atoms with van der Waals surface area (Å²) >= 11 is 0. The number of nitrogens with zero attached hydrogens (tertiary/aromatic N) is 3. The van der Waals surface area contributed by atoms with Gasteiger partial charge in [-0.3, -0.25) is 4.98 Å². The number of rotatable bonds is 4. The van der Waals surface area contributed by atoms with Gasteiger partial charge in [0.25, 0.3) is 0 Å². The van der Waals surface area contributed by atoms with E-state index in [1.165, 1.54) is 0 Å². The van der Waals surface area contributed by atoms with Gasteiger partial charge in [0.05, 0.1) is 0 Å². The second-order valence-corrected chi connectivity index (χ2v) is 4.59. The Morgan fingerprint density at radius 1 is 1.21 bits per heavy atom. The largest absolute Gasteiger partial charge is 0.480 e. The van der Waals surface area contributed by atoms with Crippen LogP contribution in [-0.2, 0) is 4.79 Å². The molecule has 0 saturated heterocycles. The third kappa shape index (κ3) is 3.04. The molecule has 2 N–H and O–H groups in total. The molecule has 0 aromatic carbocycles. The Hall–Kier alpha value is -2.50. The predicted octanol–water partition coefficient (Wildman–Crippen LogP) is 1.81. The van der Waals surface area contributed by atoms with Crippen molar-refractivity contribution in [2.45, 2.75) is 19.4 Å². The summed E-state index contributed by atoms with van der Waals surface area (Å²) < 4.78 is 0. The standard InChI is InChI=1S/C13H14N4O2/c1-13(2,11(18)19)17-12-15-7-10(8-16-12)9-4-3-5-14-6-9/h3-8H,1-2H3,(H,18,19)(H,15,16,17). The highest BCUT2D eigenvalue weighted by Gasteiger charge is 2.27. The van der Waals surface area contributed by atoms with Crippen LogP contribution in [0.4, 0.5) is 5.95 Å². The summed E-state index contributed by atoms with van der Waals surface area (Å²) in [6.07, 6.45) is 6.66. The topological polar surface area (TPSA) is 88.0 Å². The van der Waals surface area contributed by atoms with E-state index in [0.717, 1.165) is 11.1 Å². The number of carbonyl (C=O) groups is 1. The molecule has 6 heteroatoms. The zero-order valence-corrected chi connectivity index (χ0v) is 10.7. The maximum atomic E-state index is 11.0. The molecule has 0 atom stereocenters. The highest BCUT2D eigenvalue weighted by molar-refractivity contribution is 5.80. The third-order valence-corrected chi connectivity index (χ3v) is 2.61. The number of anilines is 1. The monoisotopic (exact) mass is 258 g/mol. The number of pyridine rings is 1. The fourth-order valence-electron chi connectivity index (χ4n) is 1.41. The quantitative estimate of drug-likeness (QED) is 0.869. The zero-order valence-electron chi connectivity index (χ0n) is 10.7. The van der Waals surface area contributed by atoms with Crippen molar-refractivity contribution in [2.75, 3.05) is 5.32 Å². The number of hydrogen-bond donors (Lipinski definition) is 2. The molecule has 0 radical (unpaired) electrons. The number of aromatic nitrogens is 3. The summed E-state index contributed by atoms with van der Waals surface area (Å²) in [5, 5.41) is 11.8. The molecular weight excluding hydrogens is 244 g/mol. The van der Waals surface area contributed by atoms with Gasteiger partial charge >= 0.3 is 5.97 Å². The maximum absolute atomic E-state index is 11.0. The minimum atomic E-state index is -1.12. The van der Waals surface area contributed by atoms with Crippen molar-refractivity contribution < 1.29 is 9.90 Å². The van der Waals surface area contributed by atoms with Gasteiger partial charge in [-0.2, -0.15) is 0 Å². The van der Waals surface area contributed by atoms with Gasteiger partial charge in [-0.25, -0.2) is 14.8 Å². The van der Waals surface area contributed by atoms with E-state index in [0.29, 0.717) is 0 Å². The second kappa shape index (κ2) is 5.01. The first-order valence-corrected chi connectivity index (χ1v) is 5.73. The highest BCUT2D eigenvalue weighted by atomic mass is 16.4. The highest BCUT2D eigenvalue weighted by Crippen LogP contribution is 2.17. The first-order chi connectivity index (χ1) is 8.99. The van der Waals surface area contributed by atoms with Gasteiger partial charge in [0, 0.05) is 35.9 Å². The molecule has 0 fully saturated rings. The minimum Gasteiger partial charge on any atom is -0.480 e. The molecule has 98 valence electrons. The van der Waals surface area contributed by atoms with E-state index in [1.807, 2.05) is 12.1 Å². The van der Waals surface area contributed by atoms with Crippen molar-refractivity contribution in [3.05, 3.63) is 36.9 Å². The lowest BCUT2D eigenvalue weighted by Gasteiger charge is -2.20. The van der Waals surface area contributed by atoms with Gasteiger partial charge in [-0.1, -0.05) is 6.07 Å². The molecule has 0 aliphatic rings. The Morgan fingerprint density at radius 3 is 2.42 bits per heavy atom. The predicted molar refractivity (Wildman–Crippen MR) is 70.6 cm³/mol. The summed E-state index contributed by atoms with van der Waals surface area (Å²) in [6.45, 7) is 3.10. The fourth-order valence-corrected chi connectivity index (χ4v) is 1.41. The van der Waals surface area contributed by atoms with Gasteiger partial charge in [0.15, 0.2) is 0 Å². The van der Waals surface area contributed by atoms with E-state index in [1.54, 1.807) is 38.6 Å². The Balaban J connectivity index is 2.18. The smallest absolute Gasteiger partial charge is 0.328 e. The zero-order chi connectivity index (χ0) is 13.9. The van der Waals surface area contributed by atoms with Crippen molar-refractivity contribution in [1.29, 1.82) is 0 Å².